The van der Waals surface area contributed by atoms with E-state index in [2.05, 4.69) is 144 Å². The third-order valence-corrected chi connectivity index (χ3v) is 9.74. The largest absolute Gasteiger partial charge is 0.456 e. The summed E-state index contributed by atoms with van der Waals surface area (Å²) < 4.78 is 8.80. The van der Waals surface area contributed by atoms with Gasteiger partial charge in [-0.2, -0.15) is 0 Å². The second-order valence-electron chi connectivity index (χ2n) is 10.9. The van der Waals surface area contributed by atoms with Gasteiger partial charge in [0.25, 0.3) is 0 Å². The molecule has 0 atom stereocenters. The average molecular weight is 568 g/mol. The van der Waals surface area contributed by atoms with Crippen molar-refractivity contribution in [3.8, 4) is 11.1 Å². The first-order valence-electron chi connectivity index (χ1n) is 14.5. The summed E-state index contributed by atoms with van der Waals surface area (Å²) in [5, 5.41) is 7.41. The van der Waals surface area contributed by atoms with Gasteiger partial charge in [-0.1, -0.05) is 109 Å². The quantitative estimate of drug-likeness (QED) is 0.210. The summed E-state index contributed by atoms with van der Waals surface area (Å²) in [7, 11) is 0. The molecule has 0 saturated heterocycles. The molecule has 0 unspecified atom stereocenters. The zero-order chi connectivity index (χ0) is 28.3. The van der Waals surface area contributed by atoms with Crippen molar-refractivity contribution < 1.29 is 4.42 Å². The fraction of sp³-hybridized carbons (Fsp3) is 0. The van der Waals surface area contributed by atoms with Crippen LogP contribution in [0.15, 0.2) is 156 Å². The van der Waals surface area contributed by atoms with Crippen molar-refractivity contribution in [1.29, 1.82) is 0 Å². The molecule has 0 spiro atoms. The topological polar surface area (TPSA) is 16.4 Å². The van der Waals surface area contributed by atoms with Crippen molar-refractivity contribution in [2.24, 2.45) is 0 Å². The molecule has 9 aromatic rings. The third-order valence-electron chi connectivity index (χ3n) is 8.46. The molecule has 0 amide bonds. The summed E-state index contributed by atoms with van der Waals surface area (Å²) >= 11 is 1.88. The summed E-state index contributed by atoms with van der Waals surface area (Å²) in [6.07, 6.45) is 0. The van der Waals surface area contributed by atoms with Gasteiger partial charge in [-0.25, -0.2) is 0 Å². The zero-order valence-electron chi connectivity index (χ0n) is 23.2. The van der Waals surface area contributed by atoms with E-state index < -0.39 is 0 Å². The standard InChI is InChI=1S/C40H25NOS/c1-2-9-26(10-3-1)27-17-20-29(21-18-27)41(30-22-24-38-35(25-30)32-13-6-7-16-37(32)42-38)36-15-8-14-33-34-23-19-28-11-4-5-12-31(28)39(34)43-40(33)36/h1-25H. The second-order valence-corrected chi connectivity index (χ2v) is 12.0. The van der Waals surface area contributed by atoms with Gasteiger partial charge in [0.2, 0.25) is 0 Å². The highest BCUT2D eigenvalue weighted by atomic mass is 32.1. The molecule has 0 aliphatic rings. The molecule has 0 aliphatic heterocycles. The van der Waals surface area contributed by atoms with Crippen LogP contribution in [0.3, 0.4) is 0 Å². The average Bonchev–Trinajstić information content (AvgIpc) is 3.65. The van der Waals surface area contributed by atoms with Gasteiger partial charge in [0, 0.05) is 37.6 Å². The van der Waals surface area contributed by atoms with E-state index in [9.17, 15) is 0 Å². The van der Waals surface area contributed by atoms with Crippen LogP contribution in [0.25, 0.3) is 64.0 Å². The number of benzene rings is 7. The molecule has 0 bridgehead atoms. The Balaban J connectivity index is 1.30. The van der Waals surface area contributed by atoms with Crippen molar-refractivity contribution >= 4 is 81.3 Å². The van der Waals surface area contributed by atoms with E-state index in [-0.39, 0.29) is 0 Å². The van der Waals surface area contributed by atoms with E-state index in [0.717, 1.165) is 33.3 Å². The van der Waals surface area contributed by atoms with Gasteiger partial charge in [-0.05, 0) is 64.4 Å². The minimum atomic E-state index is 0.899. The van der Waals surface area contributed by atoms with Gasteiger partial charge in [0.05, 0.1) is 10.4 Å². The van der Waals surface area contributed by atoms with E-state index in [1.807, 2.05) is 23.5 Å². The van der Waals surface area contributed by atoms with Crippen molar-refractivity contribution in [1.82, 2.24) is 0 Å². The zero-order valence-corrected chi connectivity index (χ0v) is 24.0. The molecule has 2 aromatic heterocycles. The van der Waals surface area contributed by atoms with Gasteiger partial charge in [0.15, 0.2) is 0 Å². The minimum absolute atomic E-state index is 0.899. The van der Waals surface area contributed by atoms with Crippen LogP contribution in [0.1, 0.15) is 0 Å². The van der Waals surface area contributed by atoms with Crippen LogP contribution in [-0.4, -0.2) is 0 Å². The Hall–Kier alpha value is -5.38. The van der Waals surface area contributed by atoms with Crippen LogP contribution in [0.5, 0.6) is 0 Å². The molecule has 0 aliphatic carbocycles. The highest BCUT2D eigenvalue weighted by molar-refractivity contribution is 7.27. The number of nitrogens with zero attached hydrogens (tertiary/aromatic N) is 1. The van der Waals surface area contributed by atoms with Crippen LogP contribution in [0, 0.1) is 0 Å². The number of hydrogen-bond donors (Lipinski definition) is 0. The summed E-state index contributed by atoms with van der Waals surface area (Å²) in [5.74, 6) is 0. The lowest BCUT2D eigenvalue weighted by atomic mass is 10.0. The summed E-state index contributed by atoms with van der Waals surface area (Å²) in [6, 6.07) is 54.2. The molecule has 0 fully saturated rings. The SMILES string of the molecule is c1ccc(-c2ccc(N(c3ccc4oc5ccccc5c4c3)c3cccc4c3sc3c5ccccc5ccc43)cc2)cc1. The number of furan rings is 1. The normalized spacial score (nSPS) is 11.7. The lowest BCUT2D eigenvalue weighted by molar-refractivity contribution is 0.669. The lowest BCUT2D eigenvalue weighted by Crippen LogP contribution is -2.10. The first kappa shape index (κ1) is 24.2. The predicted octanol–water partition coefficient (Wildman–Crippen LogP) is 12.2. The molecule has 0 saturated carbocycles. The Labute approximate surface area is 252 Å². The maximum atomic E-state index is 6.20. The Morgan fingerprint density at radius 3 is 1.98 bits per heavy atom. The number of hydrogen-bond acceptors (Lipinski definition) is 3. The van der Waals surface area contributed by atoms with E-state index in [1.54, 1.807) is 0 Å². The van der Waals surface area contributed by atoms with Crippen molar-refractivity contribution in [2.75, 3.05) is 4.90 Å². The fourth-order valence-corrected chi connectivity index (χ4v) is 7.74. The summed E-state index contributed by atoms with van der Waals surface area (Å²) in [5.41, 5.74) is 7.60. The smallest absolute Gasteiger partial charge is 0.135 e. The molecule has 43 heavy (non-hydrogen) atoms. The summed E-state index contributed by atoms with van der Waals surface area (Å²) in [4.78, 5) is 2.40. The molecule has 3 heteroatoms. The molecule has 7 aromatic carbocycles. The minimum Gasteiger partial charge on any atom is -0.456 e. The molecule has 0 radical (unpaired) electrons. The van der Waals surface area contributed by atoms with Crippen LogP contribution < -0.4 is 4.90 Å². The lowest BCUT2D eigenvalue weighted by Gasteiger charge is -2.26. The third kappa shape index (κ3) is 3.86. The molecular formula is C40H25NOS. The molecule has 9 rings (SSSR count). The van der Waals surface area contributed by atoms with E-state index in [4.69, 9.17) is 4.42 Å². The monoisotopic (exact) mass is 567 g/mol. The Morgan fingerprint density at radius 2 is 1.09 bits per heavy atom. The van der Waals surface area contributed by atoms with Crippen LogP contribution in [0.2, 0.25) is 0 Å². The van der Waals surface area contributed by atoms with E-state index in [0.29, 0.717) is 0 Å². The fourth-order valence-electron chi connectivity index (χ4n) is 6.40. The van der Waals surface area contributed by atoms with Crippen molar-refractivity contribution in [3.63, 3.8) is 0 Å². The number of thiophene rings is 1. The summed E-state index contributed by atoms with van der Waals surface area (Å²) in [6.45, 7) is 0. The van der Waals surface area contributed by atoms with Gasteiger partial charge in [-0.15, -0.1) is 11.3 Å². The highest BCUT2D eigenvalue weighted by Crippen LogP contribution is 2.47. The van der Waals surface area contributed by atoms with Crippen LogP contribution in [0.4, 0.5) is 17.1 Å². The number of para-hydroxylation sites is 1. The highest BCUT2D eigenvalue weighted by Gasteiger charge is 2.20. The molecule has 2 nitrogen and oxygen atoms in total. The number of rotatable bonds is 4. The van der Waals surface area contributed by atoms with Crippen molar-refractivity contribution in [3.05, 3.63) is 152 Å². The van der Waals surface area contributed by atoms with Crippen LogP contribution >= 0.6 is 11.3 Å². The Bertz CT molecular complexity index is 2450. The van der Waals surface area contributed by atoms with Gasteiger partial charge < -0.3 is 9.32 Å². The Kier molecular flexibility index (Phi) is 5.40. The maximum absolute atomic E-state index is 6.20. The molecule has 0 N–H and O–H groups in total. The van der Waals surface area contributed by atoms with Gasteiger partial charge in [-0.3, -0.25) is 0 Å². The molecule has 202 valence electrons. The van der Waals surface area contributed by atoms with Gasteiger partial charge >= 0.3 is 0 Å². The molecular weight excluding hydrogens is 543 g/mol. The van der Waals surface area contributed by atoms with Crippen molar-refractivity contribution in [2.45, 2.75) is 0 Å². The number of fused-ring (bicyclic) bond motifs is 8. The van der Waals surface area contributed by atoms with E-state index in [1.165, 1.54) is 47.8 Å². The second kappa shape index (κ2) is 9.59. The van der Waals surface area contributed by atoms with E-state index >= 15 is 0 Å². The van der Waals surface area contributed by atoms with Gasteiger partial charge in [0.1, 0.15) is 11.2 Å². The predicted molar refractivity (Wildman–Crippen MR) is 184 cm³/mol. The van der Waals surface area contributed by atoms with Crippen LogP contribution in [-0.2, 0) is 0 Å². The first-order valence-corrected chi connectivity index (χ1v) is 15.3. The maximum Gasteiger partial charge on any atom is 0.135 e. The first-order chi connectivity index (χ1) is 21.3. The molecule has 2 heterocycles. The Morgan fingerprint density at radius 1 is 0.419 bits per heavy atom. The number of anilines is 3.